The Balaban J connectivity index is 1.25. The Hall–Kier alpha value is -4.54. The third-order valence-corrected chi connectivity index (χ3v) is 9.67. The highest BCUT2D eigenvalue weighted by molar-refractivity contribution is 6.22. The summed E-state index contributed by atoms with van der Waals surface area (Å²) in [5.74, 6) is 0.00688. The van der Waals surface area contributed by atoms with Gasteiger partial charge in [0.05, 0.1) is 29.0 Å². The smallest absolute Gasteiger partial charge is 0.240 e. The highest BCUT2D eigenvalue weighted by Crippen LogP contribution is 2.33. The summed E-state index contributed by atoms with van der Waals surface area (Å²) in [6, 6.07) is 19.5. The quantitative estimate of drug-likeness (QED) is 0.183. The number of H-pyrrole nitrogens is 1. The molecule has 4 aromatic rings. The summed E-state index contributed by atoms with van der Waals surface area (Å²) < 4.78 is 14.1. The molecule has 1 aliphatic heterocycles. The fourth-order valence-corrected chi connectivity index (χ4v) is 6.74. The Labute approximate surface area is 281 Å². The molecule has 252 valence electrons. The number of aromatic nitrogens is 1. The van der Waals surface area contributed by atoms with Crippen molar-refractivity contribution in [3.05, 3.63) is 89.2 Å². The van der Waals surface area contributed by atoms with E-state index in [0.717, 1.165) is 55.8 Å². The number of aliphatic imine (C=N–C) groups is 1. The first-order chi connectivity index (χ1) is 23.2. The largest absolute Gasteiger partial charge is 0.494 e. The van der Waals surface area contributed by atoms with Crippen LogP contribution in [0.5, 0.6) is 5.88 Å². The van der Waals surface area contributed by atoms with Crippen molar-refractivity contribution >= 4 is 39.8 Å². The summed E-state index contributed by atoms with van der Waals surface area (Å²) >= 11 is 0. The van der Waals surface area contributed by atoms with Crippen LogP contribution >= 0.6 is 0 Å². The molecule has 3 N–H and O–H groups in total. The number of hydrogen-bond acceptors (Lipinski definition) is 6. The number of anilines is 1. The standard InChI is InChI=1S/C38H45FN6O3/c1-43-17-19-45(20-18-43)25-35(47)44(2)31-14-12-30(13-15-31)41-37(36-32-16-11-29(39)23-33(32)42-38(36)48)28-10-6-9-27(21-28)24-40-34(46)22-26-7-4-3-5-8-26/h6,9-16,21,23,26,42,48H,3-5,7-8,17-20,22,24-25H2,1-2H3,(H,40,46). The number of halogens is 1. The first-order valence-electron chi connectivity index (χ1n) is 17.0. The second-order valence-corrected chi connectivity index (χ2v) is 13.2. The molecule has 1 aliphatic carbocycles. The lowest BCUT2D eigenvalue weighted by Crippen LogP contribution is -2.48. The highest BCUT2D eigenvalue weighted by atomic mass is 19.1. The van der Waals surface area contributed by atoms with E-state index in [0.29, 0.717) is 53.3 Å². The van der Waals surface area contributed by atoms with Crippen molar-refractivity contribution in [2.24, 2.45) is 10.9 Å². The maximum atomic E-state index is 14.1. The van der Waals surface area contributed by atoms with Gasteiger partial charge in [-0.2, -0.15) is 0 Å². The molecule has 3 aromatic carbocycles. The zero-order valence-electron chi connectivity index (χ0n) is 27.8. The number of aromatic amines is 1. The molecule has 2 fully saturated rings. The van der Waals surface area contributed by atoms with E-state index >= 15 is 0 Å². The van der Waals surface area contributed by atoms with Crippen LogP contribution in [0.3, 0.4) is 0 Å². The molecule has 0 unspecified atom stereocenters. The summed E-state index contributed by atoms with van der Waals surface area (Å²) in [7, 11) is 3.88. The lowest BCUT2D eigenvalue weighted by molar-refractivity contribution is -0.122. The second-order valence-electron chi connectivity index (χ2n) is 13.2. The minimum Gasteiger partial charge on any atom is -0.494 e. The monoisotopic (exact) mass is 652 g/mol. The maximum absolute atomic E-state index is 14.1. The summed E-state index contributed by atoms with van der Waals surface area (Å²) in [6.45, 7) is 4.38. The highest BCUT2D eigenvalue weighted by Gasteiger charge is 2.22. The Bertz CT molecular complexity index is 1770. The van der Waals surface area contributed by atoms with Crippen LogP contribution in [0.25, 0.3) is 10.9 Å². The van der Waals surface area contributed by atoms with Gasteiger partial charge in [-0.25, -0.2) is 9.38 Å². The van der Waals surface area contributed by atoms with Gasteiger partial charge in [0.2, 0.25) is 11.8 Å². The molecule has 48 heavy (non-hydrogen) atoms. The average molecular weight is 653 g/mol. The van der Waals surface area contributed by atoms with Gasteiger partial charge in [-0.05, 0) is 79.9 Å². The minimum absolute atomic E-state index is 0.0232. The maximum Gasteiger partial charge on any atom is 0.240 e. The fraction of sp³-hybridized carbons (Fsp3) is 0.395. The van der Waals surface area contributed by atoms with Gasteiger partial charge in [0.15, 0.2) is 5.88 Å². The van der Waals surface area contributed by atoms with Gasteiger partial charge in [-0.15, -0.1) is 0 Å². The first kappa shape index (κ1) is 33.4. The number of likely N-dealkylation sites (N-methyl/N-ethyl adjacent to an activating group) is 2. The zero-order chi connectivity index (χ0) is 33.6. The number of hydrogen-bond donors (Lipinski definition) is 3. The molecule has 0 radical (unpaired) electrons. The Kier molecular flexibility index (Phi) is 10.5. The van der Waals surface area contributed by atoms with Crippen molar-refractivity contribution in [3.8, 4) is 5.88 Å². The van der Waals surface area contributed by atoms with E-state index in [2.05, 4.69) is 27.1 Å². The van der Waals surface area contributed by atoms with E-state index < -0.39 is 5.82 Å². The molecule has 0 bridgehead atoms. The number of nitrogens with one attached hydrogen (secondary N) is 2. The lowest BCUT2D eigenvalue weighted by Gasteiger charge is -2.32. The molecule has 1 saturated carbocycles. The SMILES string of the molecule is CN1CCN(CC(=O)N(C)c2ccc(N=C(c3cccc(CNC(=O)CC4CCCCC4)c3)c3c(O)[nH]c4cc(F)ccc34)cc2)CC1. The zero-order valence-corrected chi connectivity index (χ0v) is 27.8. The van der Waals surface area contributed by atoms with Crippen LogP contribution in [0.4, 0.5) is 15.8 Å². The van der Waals surface area contributed by atoms with Gasteiger partial charge in [-0.1, -0.05) is 37.5 Å². The summed E-state index contributed by atoms with van der Waals surface area (Å²) in [5, 5.41) is 14.8. The average Bonchev–Trinajstić information content (AvgIpc) is 3.42. The second kappa shape index (κ2) is 15.1. The summed E-state index contributed by atoms with van der Waals surface area (Å²) in [6.07, 6.45) is 6.44. The number of benzene rings is 3. The van der Waals surface area contributed by atoms with Crippen LogP contribution in [0.2, 0.25) is 0 Å². The third kappa shape index (κ3) is 8.11. The van der Waals surface area contributed by atoms with E-state index in [1.807, 2.05) is 48.5 Å². The predicted molar refractivity (Wildman–Crippen MR) is 188 cm³/mol. The van der Waals surface area contributed by atoms with E-state index in [1.165, 1.54) is 31.4 Å². The first-order valence-corrected chi connectivity index (χ1v) is 17.0. The molecule has 1 aromatic heterocycles. The predicted octanol–water partition coefficient (Wildman–Crippen LogP) is 5.98. The van der Waals surface area contributed by atoms with Crippen LogP contribution in [0.15, 0.2) is 71.7 Å². The molecule has 2 aliphatic rings. The number of nitrogens with zero attached hydrogens (tertiary/aromatic N) is 4. The Morgan fingerprint density at radius 2 is 1.75 bits per heavy atom. The van der Waals surface area contributed by atoms with Gasteiger partial charge in [-0.3, -0.25) is 14.5 Å². The van der Waals surface area contributed by atoms with Gasteiger partial charge < -0.3 is 25.2 Å². The summed E-state index contributed by atoms with van der Waals surface area (Å²) in [5.41, 5.74) is 4.41. The molecular weight excluding hydrogens is 607 g/mol. The van der Waals surface area contributed by atoms with E-state index in [4.69, 9.17) is 4.99 Å². The summed E-state index contributed by atoms with van der Waals surface area (Å²) in [4.78, 5) is 39.8. The molecule has 0 atom stereocenters. The topological polar surface area (TPSA) is 104 Å². The molecule has 1 saturated heterocycles. The minimum atomic E-state index is -0.415. The van der Waals surface area contributed by atoms with Crippen LogP contribution < -0.4 is 10.2 Å². The van der Waals surface area contributed by atoms with Gasteiger partial charge >= 0.3 is 0 Å². The molecular formula is C38H45FN6O3. The number of carbonyl (C=O) groups is 2. The molecule has 9 nitrogen and oxygen atoms in total. The van der Waals surface area contributed by atoms with Crippen LogP contribution in [0.1, 0.15) is 55.2 Å². The van der Waals surface area contributed by atoms with E-state index in [-0.39, 0.29) is 17.7 Å². The number of fused-ring (bicyclic) bond motifs is 1. The molecule has 10 heteroatoms. The van der Waals surface area contributed by atoms with Gasteiger partial charge in [0.25, 0.3) is 0 Å². The van der Waals surface area contributed by atoms with Crippen LogP contribution in [-0.2, 0) is 16.1 Å². The van der Waals surface area contributed by atoms with Crippen LogP contribution in [0, 0.1) is 11.7 Å². The fourth-order valence-electron chi connectivity index (χ4n) is 6.74. The van der Waals surface area contributed by atoms with Crippen LogP contribution in [-0.4, -0.2) is 84.2 Å². The Morgan fingerprint density at radius 1 is 1.00 bits per heavy atom. The van der Waals surface area contributed by atoms with Crippen molar-refractivity contribution in [2.75, 3.05) is 51.7 Å². The van der Waals surface area contributed by atoms with Crippen molar-refractivity contribution < 1.29 is 19.1 Å². The number of aromatic hydroxyl groups is 1. The van der Waals surface area contributed by atoms with Crippen molar-refractivity contribution in [1.82, 2.24) is 20.1 Å². The third-order valence-electron chi connectivity index (χ3n) is 9.67. The van der Waals surface area contributed by atoms with Gasteiger partial charge in [0, 0.05) is 62.8 Å². The normalized spacial score (nSPS) is 16.7. The number of amides is 2. The lowest BCUT2D eigenvalue weighted by atomic mass is 9.87. The Morgan fingerprint density at radius 3 is 2.50 bits per heavy atom. The van der Waals surface area contributed by atoms with Crippen molar-refractivity contribution in [2.45, 2.75) is 45.1 Å². The molecule has 0 spiro atoms. The molecule has 6 rings (SSSR count). The molecule has 2 heterocycles. The van der Waals surface area contributed by atoms with E-state index in [9.17, 15) is 19.1 Å². The number of piperazine rings is 1. The molecule has 2 amide bonds. The number of carbonyl (C=O) groups excluding carboxylic acids is 2. The van der Waals surface area contributed by atoms with Crippen molar-refractivity contribution in [1.29, 1.82) is 0 Å². The number of rotatable bonds is 10. The van der Waals surface area contributed by atoms with Gasteiger partial charge in [0.1, 0.15) is 5.82 Å². The van der Waals surface area contributed by atoms with Crippen molar-refractivity contribution in [3.63, 3.8) is 0 Å². The van der Waals surface area contributed by atoms with E-state index in [1.54, 1.807) is 18.0 Å².